The highest BCUT2D eigenvalue weighted by Crippen LogP contribution is 2.48. The summed E-state index contributed by atoms with van der Waals surface area (Å²) in [5.74, 6) is 0. The van der Waals surface area contributed by atoms with Gasteiger partial charge in [0.2, 0.25) is 0 Å². The fourth-order valence-corrected chi connectivity index (χ4v) is 10.4. The highest BCUT2D eigenvalue weighted by Gasteiger charge is 2.36. The van der Waals surface area contributed by atoms with E-state index in [4.69, 9.17) is 4.98 Å². The number of benzene rings is 6. The molecule has 1 saturated carbocycles. The van der Waals surface area contributed by atoms with Gasteiger partial charge in [-0.3, -0.25) is 4.98 Å². The van der Waals surface area contributed by atoms with Crippen LogP contribution in [-0.2, 0) is 5.41 Å². The van der Waals surface area contributed by atoms with Crippen LogP contribution in [0.4, 0.5) is 0 Å². The fourth-order valence-electron chi connectivity index (χ4n) is 9.29. The molecule has 0 saturated heterocycles. The van der Waals surface area contributed by atoms with Gasteiger partial charge in [0.25, 0.3) is 0 Å². The molecule has 4 heterocycles. The first-order valence-electron chi connectivity index (χ1n) is 18.2. The quantitative estimate of drug-likeness (QED) is 0.182. The summed E-state index contributed by atoms with van der Waals surface area (Å²) in [6.07, 6.45) is 8.09. The summed E-state index contributed by atoms with van der Waals surface area (Å²) in [5.41, 5.74) is 11.0. The summed E-state index contributed by atoms with van der Waals surface area (Å²) in [7, 11) is 0. The van der Waals surface area contributed by atoms with Gasteiger partial charge < -0.3 is 9.13 Å². The Morgan fingerprint density at radius 3 is 1.98 bits per heavy atom. The topological polar surface area (TPSA) is 22.8 Å². The summed E-state index contributed by atoms with van der Waals surface area (Å²) in [5, 5.41) is 6.55. The molecule has 51 heavy (non-hydrogen) atoms. The van der Waals surface area contributed by atoms with E-state index in [-0.39, 0.29) is 5.41 Å². The van der Waals surface area contributed by atoms with Gasteiger partial charge in [0.05, 0.1) is 27.6 Å². The van der Waals surface area contributed by atoms with Gasteiger partial charge in [-0.1, -0.05) is 86.0 Å². The second-order valence-electron chi connectivity index (χ2n) is 14.3. The van der Waals surface area contributed by atoms with E-state index in [1.54, 1.807) is 0 Å². The molecule has 0 aliphatic heterocycles. The van der Waals surface area contributed by atoms with Crippen LogP contribution in [0.25, 0.3) is 75.3 Å². The van der Waals surface area contributed by atoms with Crippen LogP contribution in [0.15, 0.2) is 152 Å². The monoisotopic (exact) mass is 673 g/mol. The predicted octanol–water partition coefficient (Wildman–Crippen LogP) is 12.9. The first-order valence-corrected chi connectivity index (χ1v) is 19.0. The smallest absolute Gasteiger partial charge is 0.0964 e. The van der Waals surface area contributed by atoms with Crippen LogP contribution in [0, 0.1) is 0 Å². The molecule has 0 unspecified atom stereocenters. The SMILES string of the molecule is c1ccc(-n2c3ccc(-n4c5ccccc5c5cc(C6(c7ccc8sc9ccccc9c8c7)CCCCC6)ccc54)cc3c3ncccc32)cc1. The van der Waals surface area contributed by atoms with E-state index in [0.29, 0.717) is 0 Å². The summed E-state index contributed by atoms with van der Waals surface area (Å²) in [4.78, 5) is 4.91. The third-order valence-electron chi connectivity index (χ3n) is 11.6. The molecule has 4 heteroatoms. The van der Waals surface area contributed by atoms with Crippen LogP contribution in [0.5, 0.6) is 0 Å². The molecule has 1 aliphatic carbocycles. The van der Waals surface area contributed by atoms with E-state index >= 15 is 0 Å². The first-order chi connectivity index (χ1) is 25.3. The summed E-state index contributed by atoms with van der Waals surface area (Å²) >= 11 is 1.91. The predicted molar refractivity (Wildman–Crippen MR) is 216 cm³/mol. The van der Waals surface area contributed by atoms with Gasteiger partial charge in [-0.25, -0.2) is 0 Å². The molecular formula is C47H35N3S. The molecule has 11 rings (SSSR count). The number of fused-ring (bicyclic) bond motifs is 9. The molecule has 1 aliphatic rings. The minimum Gasteiger partial charge on any atom is -0.309 e. The number of hydrogen-bond acceptors (Lipinski definition) is 2. The van der Waals surface area contributed by atoms with Crippen molar-refractivity contribution >= 4 is 75.3 Å². The number of hydrogen-bond donors (Lipinski definition) is 0. The summed E-state index contributed by atoms with van der Waals surface area (Å²) in [6, 6.07) is 54.3. The lowest BCUT2D eigenvalue weighted by Crippen LogP contribution is -2.30. The largest absolute Gasteiger partial charge is 0.309 e. The van der Waals surface area contributed by atoms with E-state index in [1.807, 2.05) is 23.6 Å². The summed E-state index contributed by atoms with van der Waals surface area (Å²) in [6.45, 7) is 0. The standard InChI is InChI=1S/C47H35N3S/c1-3-12-33(13-4-1)49-42-23-21-34(30-39(42)46-43(49)17-11-27-48-46)50-40-16-7-5-14-35(40)37-28-31(19-22-41(37)50)47(25-9-2-10-26-47)32-20-24-45-38(29-32)36-15-6-8-18-44(36)51-45/h1,3-8,11-24,27-30H,2,9-10,25-26H2. The van der Waals surface area contributed by atoms with Crippen molar-refractivity contribution in [3.05, 3.63) is 163 Å². The minimum atomic E-state index is -0.00325. The van der Waals surface area contributed by atoms with Crippen LogP contribution < -0.4 is 0 Å². The molecule has 4 aromatic heterocycles. The van der Waals surface area contributed by atoms with E-state index < -0.39 is 0 Å². The average molecular weight is 674 g/mol. The Bertz CT molecular complexity index is 2960. The Hall–Kier alpha value is -5.71. The Labute approximate surface area is 300 Å². The molecule has 10 aromatic rings. The molecule has 0 spiro atoms. The molecule has 6 aromatic carbocycles. The molecule has 0 radical (unpaired) electrons. The second-order valence-corrected chi connectivity index (χ2v) is 15.4. The van der Waals surface area contributed by atoms with Crippen molar-refractivity contribution in [3.8, 4) is 11.4 Å². The van der Waals surface area contributed by atoms with Crippen molar-refractivity contribution in [1.82, 2.24) is 14.1 Å². The van der Waals surface area contributed by atoms with Gasteiger partial charge in [0.15, 0.2) is 0 Å². The normalized spacial score (nSPS) is 14.8. The lowest BCUT2D eigenvalue weighted by Gasteiger charge is -2.39. The number of rotatable bonds is 4. The van der Waals surface area contributed by atoms with Gasteiger partial charge in [0.1, 0.15) is 0 Å². The van der Waals surface area contributed by atoms with E-state index in [9.17, 15) is 0 Å². The van der Waals surface area contributed by atoms with E-state index in [2.05, 4.69) is 149 Å². The number of aromatic nitrogens is 3. The van der Waals surface area contributed by atoms with Gasteiger partial charge in [-0.15, -0.1) is 11.3 Å². The summed E-state index contributed by atoms with van der Waals surface area (Å²) < 4.78 is 7.54. The molecule has 0 bridgehead atoms. The Morgan fingerprint density at radius 2 is 1.10 bits per heavy atom. The highest BCUT2D eigenvalue weighted by atomic mass is 32.1. The number of nitrogens with zero attached hydrogens (tertiary/aromatic N) is 3. The molecule has 3 nitrogen and oxygen atoms in total. The van der Waals surface area contributed by atoms with Gasteiger partial charge in [0, 0.05) is 59.3 Å². The van der Waals surface area contributed by atoms with Crippen molar-refractivity contribution in [3.63, 3.8) is 0 Å². The molecular weight excluding hydrogens is 639 g/mol. The number of thiophene rings is 1. The molecule has 0 amide bonds. The zero-order valence-electron chi connectivity index (χ0n) is 28.2. The van der Waals surface area contributed by atoms with Crippen LogP contribution in [0.1, 0.15) is 43.2 Å². The van der Waals surface area contributed by atoms with Crippen LogP contribution in [-0.4, -0.2) is 14.1 Å². The third kappa shape index (κ3) is 4.26. The maximum atomic E-state index is 4.91. The van der Waals surface area contributed by atoms with Crippen LogP contribution >= 0.6 is 11.3 Å². The Morgan fingerprint density at radius 1 is 0.451 bits per heavy atom. The van der Waals surface area contributed by atoms with Gasteiger partial charge in [-0.2, -0.15) is 0 Å². The second kappa shape index (κ2) is 11.1. The molecule has 0 atom stereocenters. The first kappa shape index (κ1) is 29.1. The zero-order valence-corrected chi connectivity index (χ0v) is 29.0. The zero-order chi connectivity index (χ0) is 33.5. The fraction of sp³-hybridized carbons (Fsp3) is 0.128. The van der Waals surface area contributed by atoms with Gasteiger partial charge >= 0.3 is 0 Å². The van der Waals surface area contributed by atoms with Gasteiger partial charge in [-0.05, 0) is 103 Å². The van der Waals surface area contributed by atoms with Crippen molar-refractivity contribution < 1.29 is 0 Å². The van der Waals surface area contributed by atoms with Crippen LogP contribution in [0.2, 0.25) is 0 Å². The lowest BCUT2D eigenvalue weighted by atomic mass is 9.65. The number of pyridine rings is 1. The number of para-hydroxylation sites is 2. The van der Waals surface area contributed by atoms with Crippen LogP contribution in [0.3, 0.4) is 0 Å². The van der Waals surface area contributed by atoms with Crippen molar-refractivity contribution in [2.45, 2.75) is 37.5 Å². The highest BCUT2D eigenvalue weighted by molar-refractivity contribution is 7.25. The Kier molecular flexibility index (Phi) is 6.35. The van der Waals surface area contributed by atoms with Crippen molar-refractivity contribution in [2.75, 3.05) is 0 Å². The van der Waals surface area contributed by atoms with Crippen molar-refractivity contribution in [1.29, 1.82) is 0 Å². The molecule has 1 fully saturated rings. The molecule has 0 N–H and O–H groups in total. The van der Waals surface area contributed by atoms with E-state index in [1.165, 1.54) is 85.2 Å². The lowest BCUT2D eigenvalue weighted by molar-refractivity contribution is 0.346. The maximum Gasteiger partial charge on any atom is 0.0964 e. The van der Waals surface area contributed by atoms with Crippen molar-refractivity contribution in [2.24, 2.45) is 0 Å². The maximum absolute atomic E-state index is 4.91. The Balaban J connectivity index is 1.12. The minimum absolute atomic E-state index is 0.00325. The average Bonchev–Trinajstić information content (AvgIpc) is 3.85. The third-order valence-corrected chi connectivity index (χ3v) is 12.8. The van der Waals surface area contributed by atoms with E-state index in [0.717, 1.165) is 33.3 Å². The molecule has 244 valence electrons.